The fourth-order valence-electron chi connectivity index (χ4n) is 3.59. The number of carbonyl (C=O) groups excluding carboxylic acids is 1. The van der Waals surface area contributed by atoms with Crippen LogP contribution < -0.4 is 15.1 Å². The van der Waals surface area contributed by atoms with Gasteiger partial charge in [0.15, 0.2) is 5.43 Å². The van der Waals surface area contributed by atoms with Crippen LogP contribution in [0.4, 0.5) is 0 Å². The highest BCUT2D eigenvalue weighted by molar-refractivity contribution is 5.99. The summed E-state index contributed by atoms with van der Waals surface area (Å²) in [5.41, 5.74) is 1.40. The van der Waals surface area contributed by atoms with E-state index in [1.165, 1.54) is 4.90 Å². The van der Waals surface area contributed by atoms with Gasteiger partial charge >= 0.3 is 0 Å². The molecule has 0 aliphatic carbocycles. The van der Waals surface area contributed by atoms with E-state index in [1.54, 1.807) is 42.6 Å². The molecule has 4 rings (SSSR count). The Kier molecular flexibility index (Phi) is 4.60. The number of aromatic nitrogens is 1. The van der Waals surface area contributed by atoms with Crippen molar-refractivity contribution in [2.75, 3.05) is 34.3 Å². The van der Waals surface area contributed by atoms with Crippen molar-refractivity contribution in [2.24, 2.45) is 0 Å². The molecule has 0 spiro atoms. The Bertz CT molecular complexity index is 1090. The van der Waals surface area contributed by atoms with Crippen LogP contribution in [0.15, 0.2) is 51.9 Å². The molecule has 0 radical (unpaired) electrons. The quantitative estimate of drug-likeness (QED) is 0.711. The standard InChI is InChI=1S/C21H21N3O4/c1-23(2)10-11-24-18(13-6-8-22-9-7-13)17-19(25)15-5-4-14(27-3)12-16(15)28-20(17)21(24)26/h4-9,12,18H,10-11H2,1-3H3/p+1/t18-/m0/s1. The second-order valence-electron chi connectivity index (χ2n) is 7.17. The highest BCUT2D eigenvalue weighted by Crippen LogP contribution is 2.37. The predicted molar refractivity (Wildman–Crippen MR) is 104 cm³/mol. The Morgan fingerprint density at radius 3 is 2.61 bits per heavy atom. The molecule has 3 aromatic rings. The zero-order valence-corrected chi connectivity index (χ0v) is 16.1. The second-order valence-corrected chi connectivity index (χ2v) is 7.17. The SMILES string of the molecule is COc1ccc2c(=O)c3c(oc2c1)C(=O)N(CC[NH+](C)C)[C@H]3c1ccncc1. The van der Waals surface area contributed by atoms with Crippen LogP contribution in [0.3, 0.4) is 0 Å². The smallest absolute Gasteiger partial charge is 0.291 e. The van der Waals surface area contributed by atoms with E-state index < -0.39 is 6.04 Å². The van der Waals surface area contributed by atoms with Crippen LogP contribution in [0, 0.1) is 0 Å². The van der Waals surface area contributed by atoms with Crippen molar-refractivity contribution in [3.63, 3.8) is 0 Å². The number of fused-ring (bicyclic) bond motifs is 2. The highest BCUT2D eigenvalue weighted by atomic mass is 16.5. The number of rotatable bonds is 5. The molecule has 0 bridgehead atoms. The summed E-state index contributed by atoms with van der Waals surface area (Å²) in [6.07, 6.45) is 3.33. The first-order valence-electron chi connectivity index (χ1n) is 9.16. The van der Waals surface area contributed by atoms with Gasteiger partial charge in [-0.15, -0.1) is 0 Å². The summed E-state index contributed by atoms with van der Waals surface area (Å²) in [5.74, 6) is 0.418. The molecule has 0 unspecified atom stereocenters. The summed E-state index contributed by atoms with van der Waals surface area (Å²) in [6.45, 7) is 1.26. The van der Waals surface area contributed by atoms with Gasteiger partial charge in [0.25, 0.3) is 5.91 Å². The van der Waals surface area contributed by atoms with Crippen molar-refractivity contribution < 1.29 is 18.8 Å². The molecule has 1 aliphatic rings. The van der Waals surface area contributed by atoms with E-state index in [9.17, 15) is 9.59 Å². The van der Waals surface area contributed by atoms with E-state index in [1.807, 2.05) is 26.2 Å². The third kappa shape index (κ3) is 2.93. The molecule has 1 atom stereocenters. The monoisotopic (exact) mass is 380 g/mol. The molecular formula is C21H22N3O4+. The summed E-state index contributed by atoms with van der Waals surface area (Å²) >= 11 is 0. The van der Waals surface area contributed by atoms with Crippen molar-refractivity contribution >= 4 is 16.9 Å². The lowest BCUT2D eigenvalue weighted by molar-refractivity contribution is -0.857. The van der Waals surface area contributed by atoms with Crippen molar-refractivity contribution in [1.29, 1.82) is 0 Å². The molecule has 0 saturated heterocycles. The Hall–Kier alpha value is -3.19. The average molecular weight is 380 g/mol. The molecule has 28 heavy (non-hydrogen) atoms. The second kappa shape index (κ2) is 7.09. The maximum Gasteiger partial charge on any atom is 0.291 e. The van der Waals surface area contributed by atoms with E-state index >= 15 is 0 Å². The van der Waals surface area contributed by atoms with Gasteiger partial charge in [-0.3, -0.25) is 14.6 Å². The maximum absolute atomic E-state index is 13.3. The third-order valence-electron chi connectivity index (χ3n) is 5.05. The first-order chi connectivity index (χ1) is 13.5. The van der Waals surface area contributed by atoms with Crippen molar-refractivity contribution in [3.05, 3.63) is 69.8 Å². The Morgan fingerprint density at radius 1 is 1.18 bits per heavy atom. The molecule has 0 fully saturated rings. The van der Waals surface area contributed by atoms with E-state index in [4.69, 9.17) is 9.15 Å². The maximum atomic E-state index is 13.3. The molecule has 0 saturated carbocycles. The molecule has 1 amide bonds. The summed E-state index contributed by atoms with van der Waals surface area (Å²) in [5, 5.41) is 0.437. The third-order valence-corrected chi connectivity index (χ3v) is 5.05. The normalized spacial score (nSPS) is 16.1. The van der Waals surface area contributed by atoms with Gasteiger partial charge in [0.2, 0.25) is 5.76 Å². The topological polar surface area (TPSA) is 77.1 Å². The zero-order chi connectivity index (χ0) is 19.8. The van der Waals surface area contributed by atoms with Gasteiger partial charge in [-0.05, 0) is 29.8 Å². The number of benzene rings is 1. The Morgan fingerprint density at radius 2 is 1.93 bits per heavy atom. The summed E-state index contributed by atoms with van der Waals surface area (Å²) in [6, 6.07) is 8.23. The number of hydrogen-bond acceptors (Lipinski definition) is 5. The summed E-state index contributed by atoms with van der Waals surface area (Å²) < 4.78 is 11.2. The van der Waals surface area contributed by atoms with Crippen LogP contribution in [-0.2, 0) is 0 Å². The lowest BCUT2D eigenvalue weighted by Crippen LogP contribution is -3.06. The number of carbonyl (C=O) groups is 1. The largest absolute Gasteiger partial charge is 0.497 e. The fraction of sp³-hybridized carbons (Fsp3) is 0.286. The van der Waals surface area contributed by atoms with Crippen LogP contribution in [0.5, 0.6) is 5.75 Å². The molecule has 1 aromatic carbocycles. The predicted octanol–water partition coefficient (Wildman–Crippen LogP) is 0.886. The van der Waals surface area contributed by atoms with E-state index in [0.29, 0.717) is 28.8 Å². The molecule has 7 nitrogen and oxygen atoms in total. The molecule has 3 heterocycles. The molecule has 1 N–H and O–H groups in total. The number of nitrogens with one attached hydrogen (secondary N) is 1. The number of quaternary nitrogens is 1. The van der Waals surface area contributed by atoms with Gasteiger partial charge in [-0.25, -0.2) is 0 Å². The molecule has 1 aliphatic heterocycles. The summed E-state index contributed by atoms with van der Waals surface area (Å²) in [4.78, 5) is 33.5. The van der Waals surface area contributed by atoms with Crippen molar-refractivity contribution in [2.45, 2.75) is 6.04 Å². The number of amides is 1. The van der Waals surface area contributed by atoms with Crippen LogP contribution in [0.25, 0.3) is 11.0 Å². The van der Waals surface area contributed by atoms with Crippen LogP contribution in [0.1, 0.15) is 27.7 Å². The van der Waals surface area contributed by atoms with Gasteiger partial charge in [0.1, 0.15) is 11.3 Å². The Labute approximate surface area is 162 Å². The minimum absolute atomic E-state index is 0.112. The Balaban J connectivity index is 1.93. The molecular weight excluding hydrogens is 358 g/mol. The van der Waals surface area contributed by atoms with Gasteiger partial charge in [0.05, 0.1) is 51.3 Å². The molecule has 7 heteroatoms. The summed E-state index contributed by atoms with van der Waals surface area (Å²) in [7, 11) is 5.60. The first kappa shape index (κ1) is 18.2. The number of pyridine rings is 1. The van der Waals surface area contributed by atoms with E-state index in [2.05, 4.69) is 4.98 Å². The average Bonchev–Trinajstić information content (AvgIpc) is 2.99. The minimum atomic E-state index is -0.479. The first-order valence-corrected chi connectivity index (χ1v) is 9.16. The fourth-order valence-corrected chi connectivity index (χ4v) is 3.59. The number of nitrogens with zero attached hydrogens (tertiary/aromatic N) is 2. The molecule has 144 valence electrons. The van der Waals surface area contributed by atoms with Gasteiger partial charge < -0.3 is 19.0 Å². The van der Waals surface area contributed by atoms with Crippen LogP contribution >= 0.6 is 0 Å². The zero-order valence-electron chi connectivity index (χ0n) is 16.1. The van der Waals surface area contributed by atoms with Gasteiger partial charge in [-0.2, -0.15) is 0 Å². The highest BCUT2D eigenvalue weighted by Gasteiger charge is 2.42. The van der Waals surface area contributed by atoms with Crippen molar-refractivity contribution in [3.8, 4) is 5.75 Å². The number of likely N-dealkylation sites (N-methyl/N-ethyl adjacent to an activating group) is 1. The van der Waals surface area contributed by atoms with Crippen molar-refractivity contribution in [1.82, 2.24) is 9.88 Å². The minimum Gasteiger partial charge on any atom is -0.497 e. The number of ether oxygens (including phenoxy) is 1. The van der Waals surface area contributed by atoms with E-state index in [0.717, 1.165) is 12.1 Å². The lowest BCUT2D eigenvalue weighted by atomic mass is 9.99. The van der Waals surface area contributed by atoms with Gasteiger partial charge in [-0.1, -0.05) is 0 Å². The van der Waals surface area contributed by atoms with E-state index in [-0.39, 0.29) is 17.1 Å². The van der Waals surface area contributed by atoms with Crippen LogP contribution in [-0.4, -0.2) is 50.1 Å². The van der Waals surface area contributed by atoms with Gasteiger partial charge in [0, 0.05) is 18.5 Å². The van der Waals surface area contributed by atoms with Crippen LogP contribution in [0.2, 0.25) is 0 Å². The lowest BCUT2D eigenvalue weighted by Gasteiger charge is -2.25. The number of methoxy groups -OCH3 is 1. The number of hydrogen-bond donors (Lipinski definition) is 1. The molecule has 2 aromatic heterocycles.